The molecule has 4 atom stereocenters. The van der Waals surface area contributed by atoms with Gasteiger partial charge in [-0.05, 0) is 49.5 Å². The SMILES string of the molecule is CSCCC(NC(=O)C(CC(C)C)NC(=O)C(N)CC(C)C)C(=O)NC(CCC(=O)O)C(=O)O. The molecule has 0 rings (SSSR count). The highest BCUT2D eigenvalue weighted by atomic mass is 32.2. The molecule has 0 saturated heterocycles. The molecule has 3 amide bonds. The van der Waals surface area contributed by atoms with Gasteiger partial charge in [0.05, 0.1) is 6.04 Å². The number of carboxylic acids is 2. The molecule has 0 spiro atoms. The summed E-state index contributed by atoms with van der Waals surface area (Å²) in [4.78, 5) is 60.5. The largest absolute Gasteiger partial charge is 0.481 e. The Bertz CT molecular complexity index is 703. The molecule has 0 radical (unpaired) electrons. The number of carboxylic acid groups (broad SMARTS) is 2. The molecular weight excluding hydrogens is 464 g/mol. The van der Waals surface area contributed by atoms with E-state index in [-0.39, 0.29) is 24.7 Å². The lowest BCUT2D eigenvalue weighted by molar-refractivity contribution is -0.143. The van der Waals surface area contributed by atoms with E-state index in [9.17, 15) is 29.1 Å². The van der Waals surface area contributed by atoms with Crippen molar-refractivity contribution in [2.45, 2.75) is 84.0 Å². The molecular formula is C22H40N4O7S. The number of hydrogen-bond acceptors (Lipinski definition) is 7. The van der Waals surface area contributed by atoms with Gasteiger partial charge < -0.3 is 31.9 Å². The Morgan fingerprint density at radius 3 is 1.74 bits per heavy atom. The quantitative estimate of drug-likeness (QED) is 0.164. The van der Waals surface area contributed by atoms with Crippen molar-refractivity contribution in [3.05, 3.63) is 0 Å². The molecule has 7 N–H and O–H groups in total. The number of nitrogens with two attached hydrogens (primary N) is 1. The van der Waals surface area contributed by atoms with Crippen molar-refractivity contribution in [3.63, 3.8) is 0 Å². The summed E-state index contributed by atoms with van der Waals surface area (Å²) in [6, 6.07) is -4.15. The molecule has 0 fully saturated rings. The lowest BCUT2D eigenvalue weighted by Crippen LogP contribution is -2.57. The molecule has 196 valence electrons. The summed E-state index contributed by atoms with van der Waals surface area (Å²) >= 11 is 1.44. The van der Waals surface area contributed by atoms with E-state index in [1.165, 1.54) is 11.8 Å². The number of thioether (sulfide) groups is 1. The highest BCUT2D eigenvalue weighted by Gasteiger charge is 2.30. The van der Waals surface area contributed by atoms with Gasteiger partial charge in [-0.25, -0.2) is 4.79 Å². The second-order valence-corrected chi connectivity index (χ2v) is 10.1. The predicted octanol–water partition coefficient (Wildman–Crippen LogP) is 0.563. The predicted molar refractivity (Wildman–Crippen MR) is 130 cm³/mol. The number of nitrogens with one attached hydrogen (secondary N) is 3. The molecule has 11 nitrogen and oxygen atoms in total. The van der Waals surface area contributed by atoms with Gasteiger partial charge in [0.1, 0.15) is 18.1 Å². The molecule has 0 heterocycles. The van der Waals surface area contributed by atoms with Gasteiger partial charge in [-0.3, -0.25) is 19.2 Å². The summed E-state index contributed by atoms with van der Waals surface area (Å²) in [5.74, 6) is -3.55. The summed E-state index contributed by atoms with van der Waals surface area (Å²) < 4.78 is 0. The Balaban J connectivity index is 5.46. The Hall–Kier alpha value is -2.34. The normalized spacial score (nSPS) is 14.7. The molecule has 0 saturated carbocycles. The molecule has 0 aliphatic carbocycles. The maximum Gasteiger partial charge on any atom is 0.326 e. The van der Waals surface area contributed by atoms with Crippen LogP contribution in [0.1, 0.15) is 59.8 Å². The first kappa shape index (κ1) is 31.7. The molecule has 12 heteroatoms. The Kier molecular flexibility index (Phi) is 15.2. The van der Waals surface area contributed by atoms with Crippen molar-refractivity contribution in [1.29, 1.82) is 0 Å². The molecule has 0 aromatic heterocycles. The molecule has 0 aromatic rings. The van der Waals surface area contributed by atoms with Crippen molar-refractivity contribution in [2.24, 2.45) is 17.6 Å². The van der Waals surface area contributed by atoms with Crippen LogP contribution >= 0.6 is 11.8 Å². The highest BCUT2D eigenvalue weighted by Crippen LogP contribution is 2.10. The van der Waals surface area contributed by atoms with Crippen molar-refractivity contribution in [1.82, 2.24) is 16.0 Å². The van der Waals surface area contributed by atoms with Crippen LogP contribution in [0.2, 0.25) is 0 Å². The molecule has 0 bridgehead atoms. The third kappa shape index (κ3) is 13.4. The van der Waals surface area contributed by atoms with Crippen molar-refractivity contribution >= 4 is 41.4 Å². The van der Waals surface area contributed by atoms with E-state index < -0.39 is 60.2 Å². The standard InChI is InChI=1S/C22H40N4O7S/c1-12(2)10-14(23)19(29)26-17(11-13(3)4)21(31)24-15(8-9-34-5)20(30)25-16(22(32)33)6-7-18(27)28/h12-17H,6-11,23H2,1-5H3,(H,24,31)(H,25,30)(H,26,29)(H,27,28)(H,32,33). The summed E-state index contributed by atoms with van der Waals surface area (Å²) in [5, 5.41) is 25.7. The van der Waals surface area contributed by atoms with Crippen molar-refractivity contribution < 1.29 is 34.2 Å². The second kappa shape index (κ2) is 16.3. The third-order valence-corrected chi connectivity index (χ3v) is 5.55. The van der Waals surface area contributed by atoms with Crippen LogP contribution in [-0.4, -0.2) is 76.0 Å². The topological polar surface area (TPSA) is 188 Å². The first-order valence-corrected chi connectivity index (χ1v) is 12.8. The minimum Gasteiger partial charge on any atom is -0.481 e. The molecule has 0 aliphatic heterocycles. The lowest BCUT2D eigenvalue weighted by atomic mass is 10.00. The first-order chi connectivity index (χ1) is 15.8. The van der Waals surface area contributed by atoms with E-state index in [0.717, 1.165) is 0 Å². The number of rotatable bonds is 17. The zero-order valence-electron chi connectivity index (χ0n) is 20.6. The van der Waals surface area contributed by atoms with E-state index in [1.54, 1.807) is 0 Å². The summed E-state index contributed by atoms with van der Waals surface area (Å²) in [5.41, 5.74) is 5.94. The van der Waals surface area contributed by atoms with Gasteiger partial charge in [0.15, 0.2) is 0 Å². The van der Waals surface area contributed by atoms with Crippen LogP contribution in [0.25, 0.3) is 0 Å². The van der Waals surface area contributed by atoms with Gasteiger partial charge in [-0.2, -0.15) is 11.8 Å². The number of amides is 3. The monoisotopic (exact) mass is 504 g/mol. The van der Waals surface area contributed by atoms with Crippen molar-refractivity contribution in [3.8, 4) is 0 Å². The number of hydrogen-bond donors (Lipinski definition) is 6. The average molecular weight is 505 g/mol. The highest BCUT2D eigenvalue weighted by molar-refractivity contribution is 7.98. The van der Waals surface area contributed by atoms with Gasteiger partial charge in [0, 0.05) is 6.42 Å². The Labute approximate surface area is 205 Å². The van der Waals surface area contributed by atoms with Crippen LogP contribution in [0.15, 0.2) is 0 Å². The zero-order chi connectivity index (χ0) is 26.4. The van der Waals surface area contributed by atoms with Gasteiger partial charge in [0.2, 0.25) is 17.7 Å². The Morgan fingerprint density at radius 1 is 0.765 bits per heavy atom. The van der Waals surface area contributed by atoms with Gasteiger partial charge in [-0.1, -0.05) is 27.7 Å². The smallest absolute Gasteiger partial charge is 0.326 e. The summed E-state index contributed by atoms with van der Waals surface area (Å²) in [6.07, 6.45) is 2.09. The van der Waals surface area contributed by atoms with Gasteiger partial charge >= 0.3 is 11.9 Å². The lowest BCUT2D eigenvalue weighted by Gasteiger charge is -2.26. The minimum atomic E-state index is -1.41. The number of aliphatic carboxylic acids is 2. The fourth-order valence-corrected chi connectivity index (χ4v) is 3.64. The number of carbonyl (C=O) groups is 5. The Morgan fingerprint density at radius 2 is 1.26 bits per heavy atom. The summed E-state index contributed by atoms with van der Waals surface area (Å²) in [7, 11) is 0. The maximum atomic E-state index is 13.0. The van der Waals surface area contributed by atoms with Crippen LogP contribution in [0, 0.1) is 11.8 Å². The van der Waals surface area contributed by atoms with E-state index in [0.29, 0.717) is 18.6 Å². The molecule has 34 heavy (non-hydrogen) atoms. The third-order valence-electron chi connectivity index (χ3n) is 4.91. The van der Waals surface area contributed by atoms with Crippen LogP contribution in [0.3, 0.4) is 0 Å². The van der Waals surface area contributed by atoms with Crippen LogP contribution in [-0.2, 0) is 24.0 Å². The number of carbonyl (C=O) groups excluding carboxylic acids is 3. The van der Waals surface area contributed by atoms with Crippen LogP contribution < -0.4 is 21.7 Å². The molecule has 0 aliphatic rings. The fraction of sp³-hybridized carbons (Fsp3) is 0.773. The zero-order valence-corrected chi connectivity index (χ0v) is 21.4. The summed E-state index contributed by atoms with van der Waals surface area (Å²) in [6.45, 7) is 7.64. The molecule has 4 unspecified atom stereocenters. The average Bonchev–Trinajstić information content (AvgIpc) is 2.71. The molecule has 0 aromatic carbocycles. The van der Waals surface area contributed by atoms with Gasteiger partial charge in [-0.15, -0.1) is 0 Å². The van der Waals surface area contributed by atoms with Crippen LogP contribution in [0.5, 0.6) is 0 Å². The van der Waals surface area contributed by atoms with E-state index in [4.69, 9.17) is 10.8 Å². The van der Waals surface area contributed by atoms with Gasteiger partial charge in [0.25, 0.3) is 0 Å². The second-order valence-electron chi connectivity index (χ2n) is 9.10. The van der Waals surface area contributed by atoms with Crippen molar-refractivity contribution in [2.75, 3.05) is 12.0 Å². The fourth-order valence-electron chi connectivity index (χ4n) is 3.17. The van der Waals surface area contributed by atoms with E-state index >= 15 is 0 Å². The maximum absolute atomic E-state index is 13.0. The minimum absolute atomic E-state index is 0.0586. The van der Waals surface area contributed by atoms with E-state index in [1.807, 2.05) is 34.0 Å². The van der Waals surface area contributed by atoms with Crippen LogP contribution in [0.4, 0.5) is 0 Å². The van der Waals surface area contributed by atoms with E-state index in [2.05, 4.69) is 16.0 Å². The first-order valence-electron chi connectivity index (χ1n) is 11.4.